The van der Waals surface area contributed by atoms with E-state index in [-0.39, 0.29) is 34.7 Å². The summed E-state index contributed by atoms with van der Waals surface area (Å²) in [6.45, 7) is 8.43. The SMILES string of the molecule is CCN(CC)S(=O)(=O)c1cccc(C(=O)NCCNC(=O)C(C)C)c1. The van der Waals surface area contributed by atoms with Gasteiger partial charge in [-0.05, 0) is 18.2 Å². The van der Waals surface area contributed by atoms with Gasteiger partial charge in [-0.2, -0.15) is 4.31 Å². The highest BCUT2D eigenvalue weighted by Gasteiger charge is 2.22. The molecule has 1 aromatic carbocycles. The molecule has 0 heterocycles. The van der Waals surface area contributed by atoms with Gasteiger partial charge in [0.25, 0.3) is 5.91 Å². The van der Waals surface area contributed by atoms with E-state index in [0.29, 0.717) is 19.6 Å². The molecule has 0 bridgehead atoms. The maximum absolute atomic E-state index is 12.5. The highest BCUT2D eigenvalue weighted by atomic mass is 32.2. The van der Waals surface area contributed by atoms with Crippen molar-refractivity contribution in [2.45, 2.75) is 32.6 Å². The van der Waals surface area contributed by atoms with Crippen molar-refractivity contribution in [1.29, 1.82) is 0 Å². The lowest BCUT2D eigenvalue weighted by atomic mass is 10.2. The molecule has 2 N–H and O–H groups in total. The Balaban J connectivity index is 2.74. The number of nitrogens with zero attached hydrogens (tertiary/aromatic N) is 1. The summed E-state index contributed by atoms with van der Waals surface area (Å²) in [5.41, 5.74) is 0.267. The number of sulfonamides is 1. The molecule has 7 nitrogen and oxygen atoms in total. The highest BCUT2D eigenvalue weighted by Crippen LogP contribution is 2.16. The predicted molar refractivity (Wildman–Crippen MR) is 96.7 cm³/mol. The van der Waals surface area contributed by atoms with Crippen molar-refractivity contribution in [3.8, 4) is 0 Å². The minimum atomic E-state index is -3.61. The van der Waals surface area contributed by atoms with E-state index >= 15 is 0 Å². The second kappa shape index (κ2) is 9.53. The Morgan fingerprint density at radius 1 is 1.08 bits per heavy atom. The van der Waals surface area contributed by atoms with E-state index in [4.69, 9.17) is 0 Å². The maximum atomic E-state index is 12.5. The molecule has 0 aromatic heterocycles. The monoisotopic (exact) mass is 369 g/mol. The van der Waals surface area contributed by atoms with Crippen molar-refractivity contribution in [3.05, 3.63) is 29.8 Å². The van der Waals surface area contributed by atoms with E-state index in [0.717, 1.165) is 0 Å². The lowest BCUT2D eigenvalue weighted by Crippen LogP contribution is -2.36. The van der Waals surface area contributed by atoms with Crippen LogP contribution in [0.4, 0.5) is 0 Å². The van der Waals surface area contributed by atoms with E-state index in [1.807, 2.05) is 0 Å². The third-order valence-electron chi connectivity index (χ3n) is 3.67. The fourth-order valence-corrected chi connectivity index (χ4v) is 3.68. The normalized spacial score (nSPS) is 11.6. The van der Waals surface area contributed by atoms with Crippen LogP contribution in [0.3, 0.4) is 0 Å². The van der Waals surface area contributed by atoms with Gasteiger partial charge in [-0.3, -0.25) is 9.59 Å². The molecule has 25 heavy (non-hydrogen) atoms. The number of carbonyl (C=O) groups excluding carboxylic acids is 2. The molecule has 0 aliphatic heterocycles. The van der Waals surface area contributed by atoms with E-state index < -0.39 is 10.0 Å². The van der Waals surface area contributed by atoms with Gasteiger partial charge < -0.3 is 10.6 Å². The molecule has 1 rings (SSSR count). The van der Waals surface area contributed by atoms with Crippen LogP contribution in [-0.4, -0.2) is 50.7 Å². The van der Waals surface area contributed by atoms with Gasteiger partial charge in [0, 0.05) is 37.7 Å². The average Bonchev–Trinajstić information content (AvgIpc) is 2.59. The third kappa shape index (κ3) is 5.82. The Kier molecular flexibility index (Phi) is 8.05. The maximum Gasteiger partial charge on any atom is 0.251 e. The molecular weight excluding hydrogens is 342 g/mol. The van der Waals surface area contributed by atoms with Crippen LogP contribution in [0.1, 0.15) is 38.1 Å². The summed E-state index contributed by atoms with van der Waals surface area (Å²) in [7, 11) is -3.61. The van der Waals surface area contributed by atoms with Gasteiger partial charge in [-0.15, -0.1) is 0 Å². The highest BCUT2D eigenvalue weighted by molar-refractivity contribution is 7.89. The number of hydrogen-bond acceptors (Lipinski definition) is 4. The zero-order valence-electron chi connectivity index (χ0n) is 15.2. The zero-order chi connectivity index (χ0) is 19.0. The molecular formula is C17H27N3O4S. The van der Waals surface area contributed by atoms with Crippen LogP contribution in [0.15, 0.2) is 29.2 Å². The van der Waals surface area contributed by atoms with Gasteiger partial charge in [0.2, 0.25) is 15.9 Å². The van der Waals surface area contributed by atoms with Crippen LogP contribution < -0.4 is 10.6 Å². The van der Waals surface area contributed by atoms with Gasteiger partial charge in [-0.1, -0.05) is 33.8 Å². The first-order chi connectivity index (χ1) is 11.7. The molecule has 8 heteroatoms. The number of carbonyl (C=O) groups is 2. The lowest BCUT2D eigenvalue weighted by Gasteiger charge is -2.18. The van der Waals surface area contributed by atoms with Gasteiger partial charge in [0.05, 0.1) is 4.90 Å². The van der Waals surface area contributed by atoms with Gasteiger partial charge >= 0.3 is 0 Å². The Labute approximate surface area is 149 Å². The molecule has 0 aliphatic rings. The van der Waals surface area contributed by atoms with Gasteiger partial charge in [0.1, 0.15) is 0 Å². The first kappa shape index (κ1) is 21.1. The van der Waals surface area contributed by atoms with E-state index in [9.17, 15) is 18.0 Å². The molecule has 0 saturated carbocycles. The number of nitrogens with one attached hydrogen (secondary N) is 2. The zero-order valence-corrected chi connectivity index (χ0v) is 16.0. The first-order valence-electron chi connectivity index (χ1n) is 8.40. The third-order valence-corrected chi connectivity index (χ3v) is 5.72. The van der Waals surface area contributed by atoms with Crippen molar-refractivity contribution in [3.63, 3.8) is 0 Å². The minimum absolute atomic E-state index is 0.0819. The topological polar surface area (TPSA) is 95.6 Å². The molecule has 0 spiro atoms. The molecule has 140 valence electrons. The van der Waals surface area contributed by atoms with Crippen molar-refractivity contribution >= 4 is 21.8 Å². The second-order valence-corrected chi connectivity index (χ2v) is 7.76. The minimum Gasteiger partial charge on any atom is -0.354 e. The van der Waals surface area contributed by atoms with Gasteiger partial charge in [-0.25, -0.2) is 8.42 Å². The molecule has 0 fully saturated rings. The van der Waals surface area contributed by atoms with Gasteiger partial charge in [0.15, 0.2) is 0 Å². The van der Waals surface area contributed by atoms with Crippen molar-refractivity contribution < 1.29 is 18.0 Å². The van der Waals surface area contributed by atoms with Crippen molar-refractivity contribution in [2.75, 3.05) is 26.2 Å². The Morgan fingerprint density at radius 3 is 2.24 bits per heavy atom. The summed E-state index contributed by atoms with van der Waals surface area (Å²) in [5, 5.41) is 5.37. The van der Waals surface area contributed by atoms with Crippen LogP contribution in [0.2, 0.25) is 0 Å². The molecule has 0 aliphatic carbocycles. The molecule has 0 saturated heterocycles. The van der Waals surface area contributed by atoms with Crippen molar-refractivity contribution in [1.82, 2.24) is 14.9 Å². The summed E-state index contributed by atoms with van der Waals surface area (Å²) in [6, 6.07) is 5.96. The quantitative estimate of drug-likeness (QED) is 0.640. The summed E-state index contributed by atoms with van der Waals surface area (Å²) < 4.78 is 26.4. The largest absolute Gasteiger partial charge is 0.354 e. The number of benzene rings is 1. The summed E-state index contributed by atoms with van der Waals surface area (Å²) in [5.74, 6) is -0.574. The fraction of sp³-hybridized carbons (Fsp3) is 0.529. The Morgan fingerprint density at radius 2 is 1.68 bits per heavy atom. The van der Waals surface area contributed by atoms with Crippen LogP contribution in [0.5, 0.6) is 0 Å². The molecule has 0 atom stereocenters. The van der Waals surface area contributed by atoms with Crippen LogP contribution in [-0.2, 0) is 14.8 Å². The Hall–Kier alpha value is -1.93. The fourth-order valence-electron chi connectivity index (χ4n) is 2.18. The van der Waals surface area contributed by atoms with Crippen LogP contribution in [0, 0.1) is 5.92 Å². The van der Waals surface area contributed by atoms with Crippen LogP contribution >= 0.6 is 0 Å². The van der Waals surface area contributed by atoms with Crippen LogP contribution in [0.25, 0.3) is 0 Å². The van der Waals surface area contributed by atoms with Crippen molar-refractivity contribution in [2.24, 2.45) is 5.92 Å². The average molecular weight is 369 g/mol. The molecule has 2 amide bonds. The number of rotatable bonds is 9. The molecule has 0 unspecified atom stereocenters. The summed E-state index contributed by atoms with van der Waals surface area (Å²) in [4.78, 5) is 23.7. The predicted octanol–water partition coefficient (Wildman–Crippen LogP) is 1.22. The smallest absolute Gasteiger partial charge is 0.251 e. The summed E-state index contributed by atoms with van der Waals surface area (Å²) >= 11 is 0. The number of hydrogen-bond donors (Lipinski definition) is 2. The first-order valence-corrected chi connectivity index (χ1v) is 9.84. The second-order valence-electron chi connectivity index (χ2n) is 5.82. The molecule has 0 radical (unpaired) electrons. The molecule has 1 aromatic rings. The Bertz CT molecular complexity index is 698. The number of amides is 2. The summed E-state index contributed by atoms with van der Waals surface area (Å²) in [6.07, 6.45) is 0. The van der Waals surface area contributed by atoms with E-state index in [1.165, 1.54) is 16.4 Å². The standard InChI is InChI=1S/C17H27N3O4S/c1-5-20(6-2)25(23,24)15-9-7-8-14(12-15)17(22)19-11-10-18-16(21)13(3)4/h7-9,12-13H,5-6,10-11H2,1-4H3,(H,18,21)(H,19,22). The van der Waals surface area contributed by atoms with E-state index in [1.54, 1.807) is 39.8 Å². The van der Waals surface area contributed by atoms with E-state index in [2.05, 4.69) is 10.6 Å². The lowest BCUT2D eigenvalue weighted by molar-refractivity contribution is -0.123.